The van der Waals surface area contributed by atoms with Crippen molar-refractivity contribution < 1.29 is 139 Å². The van der Waals surface area contributed by atoms with Crippen LogP contribution in [0.25, 0.3) is 64.6 Å². The van der Waals surface area contributed by atoms with Gasteiger partial charge in [0.25, 0.3) is 27.2 Å². The van der Waals surface area contributed by atoms with Gasteiger partial charge in [0.05, 0.1) is 29.4 Å². The predicted molar refractivity (Wildman–Crippen MR) is 321 cm³/mol. The molecule has 0 saturated heterocycles. The van der Waals surface area contributed by atoms with Gasteiger partial charge in [0, 0.05) is 168 Å². The van der Waals surface area contributed by atoms with E-state index in [0.29, 0.717) is 13.0 Å². The van der Waals surface area contributed by atoms with E-state index in [-0.39, 0.29) is 170 Å². The number of sulfonamides is 3. The summed E-state index contributed by atoms with van der Waals surface area (Å²) in [6.45, 7) is 1.68. The van der Waals surface area contributed by atoms with Crippen LogP contribution in [-0.2, 0) is 86.0 Å². The number of nitrogens with two attached hydrogens (primary N) is 1. The molecule has 0 atom stereocenters. The van der Waals surface area contributed by atoms with Crippen LogP contribution in [-0.4, -0.2) is 128 Å². The Morgan fingerprint density at radius 3 is 0.922 bits per heavy atom. The van der Waals surface area contributed by atoms with Crippen molar-refractivity contribution in [2.24, 2.45) is 5.73 Å². The van der Waals surface area contributed by atoms with E-state index in [1.54, 1.807) is 0 Å². The number of carboxylic acids is 4. The van der Waals surface area contributed by atoms with Crippen molar-refractivity contribution in [1.82, 2.24) is 14.2 Å². The molecule has 0 spiro atoms. The minimum absolute atomic E-state index is 0. The van der Waals surface area contributed by atoms with Gasteiger partial charge in [0.2, 0.25) is 30.1 Å². The molecule has 38 heteroatoms. The Bertz CT molecular complexity index is 4780. The van der Waals surface area contributed by atoms with E-state index < -0.39 is 122 Å². The fraction of sp³-hybridized carbons (Fsp3) is 0.269. The van der Waals surface area contributed by atoms with Gasteiger partial charge in [-0.2, -0.15) is 0 Å². The summed E-state index contributed by atoms with van der Waals surface area (Å²) in [5.74, 6) is -6.51. The van der Waals surface area contributed by atoms with Crippen molar-refractivity contribution in [1.29, 1.82) is 0 Å². The molecule has 0 bridgehead atoms. The van der Waals surface area contributed by atoms with Crippen LogP contribution in [0.4, 0.5) is 0 Å². The van der Waals surface area contributed by atoms with Gasteiger partial charge in [-0.05, 0) is 62.9 Å². The zero-order valence-electron chi connectivity index (χ0n) is 47.0. The molecule has 0 aliphatic rings. The van der Waals surface area contributed by atoms with Gasteiger partial charge >= 0.3 is 59.4 Å². The molecule has 0 aliphatic heterocycles. The largest absolute Gasteiger partial charge is 1.00 e. The number of benzene rings is 8. The first kappa shape index (κ1) is 74.8. The number of halogens is 3. The van der Waals surface area contributed by atoms with Crippen molar-refractivity contribution >= 4 is 190 Å². The number of carboxylic acid groups (broad SMARTS) is 4. The van der Waals surface area contributed by atoms with E-state index in [2.05, 4.69) is 14.2 Å². The molecule has 0 aliphatic carbocycles. The second-order valence-electron chi connectivity index (χ2n) is 19.1. The van der Waals surface area contributed by atoms with Gasteiger partial charge in [0.1, 0.15) is 11.5 Å². The SMILES string of the molecule is CC(=O)Oc1cc(S(=O)(=O)Cl)c2ccc3c(S(=O)(=O)Cl)cc(S(=O)(=O)Cl)c4ccc1c2c43.CC(=O)Oc1cc(S(=O)(=O)NCCCC(=O)O)c2ccc3c(S(=O)(=O)NCCCC(=O)O)cc(S(=O)(=O)NCCCC(=O)O)c4ccc1c2c43.NCCCC(=O)[O-].[Na+]. The Morgan fingerprint density at radius 1 is 0.422 bits per heavy atom. The number of carbonyl (C=O) groups is 6. The van der Waals surface area contributed by atoms with Gasteiger partial charge in [-0.25, -0.2) is 64.7 Å². The molecular weight excluding hydrogens is 1390 g/mol. The zero-order valence-corrected chi connectivity index (χ0v) is 56.2. The van der Waals surface area contributed by atoms with Gasteiger partial charge in [-0.1, -0.05) is 36.4 Å². The molecule has 8 aromatic carbocycles. The molecule has 8 rings (SSSR count). The van der Waals surface area contributed by atoms with Gasteiger partial charge in [-0.15, -0.1) is 0 Å². The molecule has 28 nitrogen and oxygen atoms in total. The Labute approximate surface area is 548 Å². The van der Waals surface area contributed by atoms with Crippen LogP contribution in [0.5, 0.6) is 11.5 Å². The quantitative estimate of drug-likeness (QED) is 0.0101. The molecule has 8 aromatic rings. The molecule has 8 N–H and O–H groups in total. The summed E-state index contributed by atoms with van der Waals surface area (Å²) in [6, 6.07) is 14.5. The van der Waals surface area contributed by atoms with Crippen LogP contribution < -0.4 is 64.0 Å². The molecule has 0 amide bonds. The number of esters is 2. The van der Waals surface area contributed by atoms with Crippen LogP contribution in [0.2, 0.25) is 0 Å². The Balaban J connectivity index is 0.000000313. The Kier molecular flexibility index (Phi) is 24.7. The first-order valence-corrected chi connectivity index (χ1v) is 36.9. The minimum atomic E-state index is -4.57. The second kappa shape index (κ2) is 29.8. The third-order valence-electron chi connectivity index (χ3n) is 12.8. The molecule has 0 saturated carbocycles. The fourth-order valence-corrected chi connectivity index (χ4v) is 16.6. The summed E-state index contributed by atoms with van der Waals surface area (Å²) in [6.07, 6.45) is -0.699. The molecule has 480 valence electrons. The van der Waals surface area contributed by atoms with Crippen LogP contribution in [0.15, 0.2) is 102 Å². The summed E-state index contributed by atoms with van der Waals surface area (Å²) in [5.41, 5.74) is 4.99. The van der Waals surface area contributed by atoms with E-state index in [9.17, 15) is 84.4 Å². The van der Waals surface area contributed by atoms with Gasteiger partial charge in [0.15, 0.2) is 0 Å². The summed E-state index contributed by atoms with van der Waals surface area (Å²) in [5, 5.41) is 36.9. The Morgan fingerprint density at radius 2 is 0.667 bits per heavy atom. The first-order valence-electron chi connectivity index (χ1n) is 25.6. The summed E-state index contributed by atoms with van der Waals surface area (Å²) in [7, 11) is -10.2. The number of carbonyl (C=O) groups excluding carboxylic acids is 3. The summed E-state index contributed by atoms with van der Waals surface area (Å²) in [4.78, 5) is 63.2. The molecule has 0 aromatic heterocycles. The van der Waals surface area contributed by atoms with Crippen LogP contribution in [0.1, 0.15) is 65.2 Å². The van der Waals surface area contributed by atoms with Crippen molar-refractivity contribution in [2.75, 3.05) is 26.2 Å². The van der Waals surface area contributed by atoms with Crippen molar-refractivity contribution in [2.45, 2.75) is 94.6 Å². The standard InChI is InChI=1S/C30H33N3O14S3.C18H9Cl3O8S3.C4H9NO2.Na/c1-17(34)47-22-15-23(48(41,42)31-12-2-5-26(35)36)19-10-11-21-25(50(45,46)33-14-4-7-28(39)40)16-24(20-9-8-18(22)29(19)30(20)21)49(43,44)32-13-3-6-27(37)38;1-8(22)29-13-6-14(30(19,23)24)10-4-5-12-16(32(21,27)28)7-15(31(20,25)26)11-3-2-9(13)17(10)18(11)12;5-3-1-2-4(6)7;/h8-11,15-16,31-33H,2-7,12-14H2,1H3,(H,35,36)(H,37,38)(H,39,40);2-7H,1H3;1-3,5H2,(H,6,7);/q;;;+1/p-1. The minimum Gasteiger partial charge on any atom is -0.550 e. The average Bonchev–Trinajstić information content (AvgIpc) is 0.716. The van der Waals surface area contributed by atoms with Crippen LogP contribution >= 0.6 is 32.0 Å². The molecule has 0 heterocycles. The predicted octanol–water partition coefficient (Wildman–Crippen LogP) is 1.71. The maximum absolute atomic E-state index is 13.7. The third-order valence-corrected chi connectivity index (χ3v) is 21.4. The number of nitrogens with one attached hydrogen (secondary N) is 3. The van der Waals surface area contributed by atoms with Gasteiger partial charge < -0.3 is 40.4 Å². The zero-order chi connectivity index (χ0) is 66.5. The number of aliphatic carboxylic acids is 4. The number of ether oxygens (including phenoxy) is 2. The number of rotatable bonds is 26. The van der Waals surface area contributed by atoms with E-state index in [4.69, 9.17) is 62.6 Å². The molecular formula is C52H50Cl3N4NaO24S6. The molecule has 0 unspecified atom stereocenters. The van der Waals surface area contributed by atoms with E-state index in [1.165, 1.54) is 48.5 Å². The van der Waals surface area contributed by atoms with Crippen molar-refractivity contribution in [3.63, 3.8) is 0 Å². The maximum Gasteiger partial charge on any atom is 1.00 e. The monoisotopic (exact) mass is 1430 g/mol. The molecule has 0 fully saturated rings. The molecule has 90 heavy (non-hydrogen) atoms. The smallest absolute Gasteiger partial charge is 0.550 e. The van der Waals surface area contributed by atoms with Crippen molar-refractivity contribution in [3.05, 3.63) is 72.8 Å². The van der Waals surface area contributed by atoms with E-state index in [1.807, 2.05) is 0 Å². The Hall–Kier alpha value is -5.93. The molecule has 0 radical (unpaired) electrons. The van der Waals surface area contributed by atoms with Crippen LogP contribution in [0, 0.1) is 0 Å². The fourth-order valence-electron chi connectivity index (χ4n) is 9.30. The summed E-state index contributed by atoms with van der Waals surface area (Å²) >= 11 is 0. The third kappa shape index (κ3) is 17.8. The van der Waals surface area contributed by atoms with E-state index in [0.717, 1.165) is 38.1 Å². The van der Waals surface area contributed by atoms with Crippen LogP contribution in [0.3, 0.4) is 0 Å². The maximum atomic E-state index is 13.7. The van der Waals surface area contributed by atoms with E-state index >= 15 is 0 Å². The second-order valence-corrected chi connectivity index (χ2v) is 31.9. The topological polar surface area (TPSA) is 472 Å². The number of hydrogen-bond donors (Lipinski definition) is 7. The summed E-state index contributed by atoms with van der Waals surface area (Å²) < 4.78 is 173. The average molecular weight is 1440 g/mol. The first-order chi connectivity index (χ1) is 41.2. The number of hydrogen-bond acceptors (Lipinski definition) is 22. The van der Waals surface area contributed by atoms with Gasteiger partial charge in [-0.3, -0.25) is 24.0 Å². The normalized spacial score (nSPS) is 12.3. The van der Waals surface area contributed by atoms with Crippen molar-refractivity contribution in [3.8, 4) is 11.5 Å².